The second-order valence-electron chi connectivity index (χ2n) is 4.67. The first-order chi connectivity index (χ1) is 7.34. The molecule has 96 valence electrons. The van der Waals surface area contributed by atoms with Gasteiger partial charge in [0.25, 0.3) is 0 Å². The lowest BCUT2D eigenvalue weighted by Gasteiger charge is -2.48. The van der Waals surface area contributed by atoms with E-state index >= 15 is 0 Å². The fraction of sp³-hybridized carbons (Fsp3) is 0.833. The van der Waals surface area contributed by atoms with Gasteiger partial charge in [-0.1, -0.05) is 28.5 Å². The molecule has 3 unspecified atom stereocenters. The maximum Gasteiger partial charge on any atom is 0.199 e. The number of ether oxygens (including phenoxy) is 1. The molecule has 0 aliphatic rings. The summed E-state index contributed by atoms with van der Waals surface area (Å²) in [6.07, 6.45) is 3.44. The average molecular weight is 247 g/mol. The van der Waals surface area contributed by atoms with Gasteiger partial charge in [0.1, 0.15) is 5.28 Å². The van der Waals surface area contributed by atoms with Gasteiger partial charge in [-0.3, -0.25) is 0 Å². The number of hydrogen-bond donors (Lipinski definition) is 1. The van der Waals surface area contributed by atoms with Crippen molar-refractivity contribution in [2.24, 2.45) is 0 Å². The molecule has 16 heavy (non-hydrogen) atoms. The zero-order valence-corrected chi connectivity index (χ0v) is 12.2. The van der Waals surface area contributed by atoms with E-state index in [-0.39, 0.29) is 10.3 Å². The van der Waals surface area contributed by atoms with E-state index < -0.39 is 5.72 Å². The Morgan fingerprint density at radius 3 is 2.31 bits per heavy atom. The third-order valence-electron chi connectivity index (χ3n) is 2.86. The second-order valence-corrected chi connectivity index (χ2v) is 6.98. The number of rotatable bonds is 8. The molecule has 0 aliphatic carbocycles. The summed E-state index contributed by atoms with van der Waals surface area (Å²) >= 11 is 0. The number of quaternary nitrogens is 1. The molecule has 0 rings (SSSR count). The fourth-order valence-corrected chi connectivity index (χ4v) is 3.06. The van der Waals surface area contributed by atoms with E-state index in [9.17, 15) is 5.21 Å². The lowest BCUT2D eigenvalue weighted by Crippen LogP contribution is -3.22. The molecular formula is C12H26NO2P. The summed E-state index contributed by atoms with van der Waals surface area (Å²) < 4.78 is 5.66. The third kappa shape index (κ3) is 4.14. The van der Waals surface area contributed by atoms with Crippen molar-refractivity contribution in [3.63, 3.8) is 0 Å². The molecule has 0 saturated carbocycles. The highest BCUT2D eigenvalue weighted by molar-refractivity contribution is 7.39. The van der Waals surface area contributed by atoms with Crippen LogP contribution in [-0.4, -0.2) is 23.8 Å². The number of hydrogen-bond acceptors (Lipinski definition) is 2. The van der Waals surface area contributed by atoms with Gasteiger partial charge in [0, 0.05) is 13.3 Å². The molecular weight excluding hydrogens is 221 g/mol. The Bertz CT molecular complexity index is 221. The van der Waals surface area contributed by atoms with Gasteiger partial charge in [-0.2, -0.15) is 0 Å². The Hall–Kier alpha value is 0.0500. The Labute approximate surface area is 102 Å². The molecule has 4 heteroatoms. The van der Waals surface area contributed by atoms with Gasteiger partial charge in [-0.05, 0) is 20.0 Å². The van der Waals surface area contributed by atoms with E-state index in [1.807, 2.05) is 27.7 Å². The minimum Gasteiger partial charge on any atom is -0.632 e. The van der Waals surface area contributed by atoms with Crippen LogP contribution in [0.1, 0.15) is 41.0 Å². The van der Waals surface area contributed by atoms with Gasteiger partial charge < -0.3 is 15.0 Å². The maximum atomic E-state index is 12.5. The molecule has 0 saturated heterocycles. The van der Waals surface area contributed by atoms with Crippen LogP contribution < -0.4 is 5.06 Å². The highest BCUT2D eigenvalue weighted by Gasteiger charge is 2.38. The van der Waals surface area contributed by atoms with Gasteiger partial charge in [-0.15, -0.1) is 6.58 Å². The van der Waals surface area contributed by atoms with E-state index in [0.29, 0.717) is 21.6 Å². The molecule has 0 bridgehead atoms. The van der Waals surface area contributed by atoms with E-state index in [1.54, 1.807) is 6.08 Å². The first-order valence-electron chi connectivity index (χ1n) is 5.88. The van der Waals surface area contributed by atoms with E-state index in [0.717, 1.165) is 6.16 Å². The predicted octanol–water partition coefficient (Wildman–Crippen LogP) is 2.13. The number of hydroxylamine groups is 2. The van der Waals surface area contributed by atoms with Crippen LogP contribution in [0.3, 0.4) is 0 Å². The lowest BCUT2D eigenvalue weighted by atomic mass is 10.1. The zero-order chi connectivity index (χ0) is 12.8. The van der Waals surface area contributed by atoms with Gasteiger partial charge >= 0.3 is 0 Å². The molecule has 3 nitrogen and oxygen atoms in total. The van der Waals surface area contributed by atoms with Crippen LogP contribution in [0.25, 0.3) is 0 Å². The van der Waals surface area contributed by atoms with Crippen molar-refractivity contribution >= 4 is 8.58 Å². The van der Waals surface area contributed by atoms with Crippen LogP contribution in [0, 0.1) is 5.21 Å². The Morgan fingerprint density at radius 2 is 1.94 bits per heavy atom. The first-order valence-corrected chi connectivity index (χ1v) is 7.09. The molecule has 3 atom stereocenters. The zero-order valence-electron chi connectivity index (χ0n) is 11.2. The summed E-state index contributed by atoms with van der Waals surface area (Å²) in [6.45, 7) is 14.1. The quantitative estimate of drug-likeness (QED) is 0.309. The standard InChI is InChI=1S/C12H26NO2P/c1-7-10-15-12(6,8-2)13(14)11(4,5)16-9-3/h7,13,16H,1,8-10H2,2-6H3. The Kier molecular flexibility index (Phi) is 6.73. The molecule has 0 aromatic rings. The van der Waals surface area contributed by atoms with Crippen molar-refractivity contribution in [3.05, 3.63) is 17.9 Å². The van der Waals surface area contributed by atoms with Crippen molar-refractivity contribution in [1.82, 2.24) is 0 Å². The number of nitrogens with one attached hydrogen (secondary N) is 1. The van der Waals surface area contributed by atoms with E-state index in [2.05, 4.69) is 13.5 Å². The highest BCUT2D eigenvalue weighted by atomic mass is 31.1. The Morgan fingerprint density at radius 1 is 1.38 bits per heavy atom. The minimum atomic E-state index is -0.667. The van der Waals surface area contributed by atoms with Gasteiger partial charge in [0.15, 0.2) is 5.72 Å². The van der Waals surface area contributed by atoms with E-state index in [4.69, 9.17) is 4.74 Å². The predicted molar refractivity (Wildman–Crippen MR) is 72.1 cm³/mol. The molecule has 0 spiro atoms. The molecule has 0 aromatic heterocycles. The maximum absolute atomic E-state index is 12.5. The largest absolute Gasteiger partial charge is 0.632 e. The normalized spacial score (nSPS) is 18.6. The van der Waals surface area contributed by atoms with Crippen molar-refractivity contribution in [3.8, 4) is 0 Å². The second kappa shape index (κ2) is 6.70. The molecule has 0 heterocycles. The summed E-state index contributed by atoms with van der Waals surface area (Å²) in [6, 6.07) is 0. The van der Waals surface area contributed by atoms with Crippen molar-refractivity contribution in [2.45, 2.75) is 52.0 Å². The van der Waals surface area contributed by atoms with Crippen LogP contribution >= 0.6 is 8.58 Å². The summed E-state index contributed by atoms with van der Waals surface area (Å²) in [5.41, 5.74) is -0.667. The van der Waals surface area contributed by atoms with Crippen LogP contribution in [-0.2, 0) is 4.74 Å². The molecule has 1 N–H and O–H groups in total. The molecule has 0 amide bonds. The fourth-order valence-electron chi connectivity index (χ4n) is 1.75. The monoisotopic (exact) mass is 247 g/mol. The Balaban J connectivity index is 4.72. The van der Waals surface area contributed by atoms with Gasteiger partial charge in [0.2, 0.25) is 0 Å². The van der Waals surface area contributed by atoms with Crippen LogP contribution in [0.4, 0.5) is 0 Å². The van der Waals surface area contributed by atoms with Crippen molar-refractivity contribution in [2.75, 3.05) is 12.8 Å². The molecule has 0 radical (unpaired) electrons. The molecule has 0 aromatic carbocycles. The molecule has 0 aliphatic heterocycles. The van der Waals surface area contributed by atoms with Crippen LogP contribution in [0.2, 0.25) is 0 Å². The van der Waals surface area contributed by atoms with E-state index in [1.165, 1.54) is 0 Å². The summed E-state index contributed by atoms with van der Waals surface area (Å²) in [5.74, 6) is 0. The summed E-state index contributed by atoms with van der Waals surface area (Å²) in [7, 11) is 0.648. The minimum absolute atomic E-state index is 0.213. The molecule has 0 fully saturated rings. The summed E-state index contributed by atoms with van der Waals surface area (Å²) in [4.78, 5) is 0. The first kappa shape index (κ1) is 16.1. The van der Waals surface area contributed by atoms with Gasteiger partial charge in [0.05, 0.1) is 6.61 Å². The summed E-state index contributed by atoms with van der Waals surface area (Å²) in [5, 5.41) is 12.4. The third-order valence-corrected chi connectivity index (χ3v) is 4.33. The SMILES string of the molecule is C=CCOC(C)(CC)[NH+]([O-])C(C)(C)PCC. The average Bonchev–Trinajstić information content (AvgIpc) is 2.24. The highest BCUT2D eigenvalue weighted by Crippen LogP contribution is 2.26. The van der Waals surface area contributed by atoms with Crippen LogP contribution in [0.5, 0.6) is 0 Å². The van der Waals surface area contributed by atoms with Gasteiger partial charge in [-0.25, -0.2) is 0 Å². The van der Waals surface area contributed by atoms with Crippen molar-refractivity contribution in [1.29, 1.82) is 0 Å². The lowest BCUT2D eigenvalue weighted by molar-refractivity contribution is -0.961. The topological polar surface area (TPSA) is 36.7 Å². The smallest absolute Gasteiger partial charge is 0.199 e. The van der Waals surface area contributed by atoms with Crippen molar-refractivity contribution < 1.29 is 9.80 Å². The van der Waals surface area contributed by atoms with Crippen LogP contribution in [0.15, 0.2) is 12.7 Å².